The summed E-state index contributed by atoms with van der Waals surface area (Å²) < 4.78 is 0. The number of aliphatic hydroxyl groups excluding tert-OH is 1. The topological polar surface area (TPSA) is 119 Å². The van der Waals surface area contributed by atoms with Crippen LogP contribution in [0.1, 0.15) is 47.2 Å². The molecule has 1 aliphatic rings. The van der Waals surface area contributed by atoms with Crippen molar-refractivity contribution in [3.05, 3.63) is 93.2 Å². The Morgan fingerprint density at radius 3 is 2.44 bits per heavy atom. The molecule has 0 saturated carbocycles. The average Bonchev–Trinajstić information content (AvgIpc) is 3.38. The van der Waals surface area contributed by atoms with Crippen LogP contribution in [0.2, 0.25) is 0 Å². The van der Waals surface area contributed by atoms with Crippen LogP contribution in [0.5, 0.6) is 5.75 Å². The molecule has 8 heteroatoms. The van der Waals surface area contributed by atoms with Crippen LogP contribution >= 0.6 is 0 Å². The van der Waals surface area contributed by atoms with Crippen molar-refractivity contribution in [2.75, 3.05) is 19.7 Å². The maximum atomic E-state index is 11.6. The second-order valence-corrected chi connectivity index (χ2v) is 9.01. The van der Waals surface area contributed by atoms with Crippen LogP contribution in [-0.4, -0.2) is 56.7 Å². The molecule has 0 radical (unpaired) electrons. The van der Waals surface area contributed by atoms with Gasteiger partial charge in [0.05, 0.1) is 18.6 Å². The molecule has 1 amide bonds. The van der Waals surface area contributed by atoms with Gasteiger partial charge in [0.25, 0.3) is 5.56 Å². The Kier molecular flexibility index (Phi) is 8.16. The normalized spacial score (nSPS) is 15.8. The number of H-pyrrole nitrogens is 1. The van der Waals surface area contributed by atoms with Crippen LogP contribution in [0.25, 0.3) is 0 Å². The van der Waals surface area contributed by atoms with E-state index in [0.29, 0.717) is 6.04 Å². The number of carbonyl (C=O) groups is 1. The highest BCUT2D eigenvalue weighted by molar-refractivity contribution is 5.73. The van der Waals surface area contributed by atoms with Gasteiger partial charge in [-0.15, -0.1) is 0 Å². The number of aliphatic hydroxyl groups is 1. The van der Waals surface area contributed by atoms with Crippen molar-refractivity contribution in [3.8, 4) is 17.6 Å². The molecule has 1 aromatic heterocycles. The summed E-state index contributed by atoms with van der Waals surface area (Å²) in [6.45, 7) is 3.81. The molecule has 1 unspecified atom stereocenters. The van der Waals surface area contributed by atoms with E-state index >= 15 is 0 Å². The van der Waals surface area contributed by atoms with Gasteiger partial charge in [-0.25, -0.2) is 4.98 Å². The number of aromatic hydroxyl groups is 1. The second-order valence-electron chi connectivity index (χ2n) is 9.01. The van der Waals surface area contributed by atoms with E-state index in [1.165, 1.54) is 11.9 Å². The van der Waals surface area contributed by atoms with Crippen LogP contribution in [0.3, 0.4) is 0 Å². The molecule has 4 rings (SSSR count). The molecule has 1 saturated heterocycles. The molecule has 2 aromatic carbocycles. The minimum Gasteiger partial charge on any atom is -0.502 e. The van der Waals surface area contributed by atoms with E-state index in [2.05, 4.69) is 39.3 Å². The molecule has 2 atom stereocenters. The van der Waals surface area contributed by atoms with Crippen molar-refractivity contribution in [1.29, 1.82) is 0 Å². The van der Waals surface area contributed by atoms with Crippen LogP contribution in [0.15, 0.2) is 59.7 Å². The smallest absolute Gasteiger partial charge is 0.293 e. The molecule has 1 fully saturated rings. The third-order valence-electron chi connectivity index (χ3n) is 6.48. The Bertz CT molecular complexity index is 1310. The van der Waals surface area contributed by atoms with Gasteiger partial charge in [0.15, 0.2) is 0 Å². The Morgan fingerprint density at radius 1 is 1.17 bits per heavy atom. The minimum atomic E-state index is -0.596. The third kappa shape index (κ3) is 6.39. The molecule has 2 heterocycles. The van der Waals surface area contributed by atoms with Crippen LogP contribution in [0, 0.1) is 11.8 Å². The fourth-order valence-electron chi connectivity index (χ4n) is 4.26. The largest absolute Gasteiger partial charge is 0.502 e. The monoisotopic (exact) mass is 486 g/mol. The zero-order valence-electron chi connectivity index (χ0n) is 20.2. The van der Waals surface area contributed by atoms with Gasteiger partial charge >= 0.3 is 0 Å². The molecule has 186 valence electrons. The van der Waals surface area contributed by atoms with Crippen molar-refractivity contribution in [1.82, 2.24) is 20.2 Å². The zero-order chi connectivity index (χ0) is 25.5. The highest BCUT2D eigenvalue weighted by Gasteiger charge is 2.23. The van der Waals surface area contributed by atoms with Crippen molar-refractivity contribution < 1.29 is 15.0 Å². The number of carbonyl (C=O) groups excluding carboxylic acids is 1. The molecule has 36 heavy (non-hydrogen) atoms. The number of aromatic amines is 1. The van der Waals surface area contributed by atoms with Crippen molar-refractivity contribution >= 4 is 5.91 Å². The van der Waals surface area contributed by atoms with Crippen LogP contribution < -0.4 is 10.9 Å². The summed E-state index contributed by atoms with van der Waals surface area (Å²) >= 11 is 0. The number of amides is 1. The van der Waals surface area contributed by atoms with Crippen LogP contribution in [-0.2, 0) is 17.8 Å². The lowest BCUT2D eigenvalue weighted by molar-refractivity contribution is -0.127. The second kappa shape index (κ2) is 11.7. The van der Waals surface area contributed by atoms with Gasteiger partial charge in [-0.05, 0) is 41.8 Å². The van der Waals surface area contributed by atoms with Crippen molar-refractivity contribution in [2.45, 2.75) is 38.3 Å². The quantitative estimate of drug-likeness (QED) is 0.379. The fraction of sp³-hybridized carbons (Fsp3) is 0.321. The maximum Gasteiger partial charge on any atom is 0.293 e. The molecule has 3 aromatic rings. The van der Waals surface area contributed by atoms with Crippen molar-refractivity contribution in [3.63, 3.8) is 0 Å². The van der Waals surface area contributed by atoms with E-state index in [1.54, 1.807) is 6.92 Å². The molecule has 0 bridgehead atoms. The van der Waals surface area contributed by atoms with E-state index < -0.39 is 11.3 Å². The van der Waals surface area contributed by atoms with Gasteiger partial charge in [-0.2, -0.15) is 0 Å². The predicted octanol–water partition coefficient (Wildman–Crippen LogP) is 1.90. The Labute approximate surface area is 210 Å². The van der Waals surface area contributed by atoms with Crippen LogP contribution in [0.4, 0.5) is 0 Å². The molecule has 4 N–H and O–H groups in total. The first kappa shape index (κ1) is 25.2. The number of benzene rings is 2. The summed E-state index contributed by atoms with van der Waals surface area (Å²) in [7, 11) is 0. The van der Waals surface area contributed by atoms with Gasteiger partial charge in [0.1, 0.15) is 0 Å². The molecule has 8 nitrogen and oxygen atoms in total. The van der Waals surface area contributed by atoms with E-state index in [-0.39, 0.29) is 30.5 Å². The van der Waals surface area contributed by atoms with Gasteiger partial charge in [0.2, 0.25) is 11.7 Å². The first-order chi connectivity index (χ1) is 17.4. The lowest BCUT2D eigenvalue weighted by Crippen LogP contribution is -2.33. The first-order valence-corrected chi connectivity index (χ1v) is 12.0. The Morgan fingerprint density at radius 2 is 1.83 bits per heavy atom. The Balaban J connectivity index is 1.33. The summed E-state index contributed by atoms with van der Waals surface area (Å²) in [5.74, 6) is 5.75. The van der Waals surface area contributed by atoms with E-state index in [4.69, 9.17) is 0 Å². The minimum absolute atomic E-state index is 0.132. The standard InChI is InChI=1S/C28H30N4O4/c1-19(34)32-13-12-25(16-32)29-15-22-6-4-20(5-7-22)2-3-21-8-10-23(11-9-21)24(17-33)14-26-27(35)28(36)31-18-30-26/h4-11,18,24-25,29,33,35H,12-17H2,1H3,(H,30,31,36)/t24?,25-/m1/s1. The number of rotatable bonds is 7. The van der Waals surface area contributed by atoms with E-state index in [9.17, 15) is 19.8 Å². The lowest BCUT2D eigenvalue weighted by atomic mass is 9.94. The number of hydrogen-bond acceptors (Lipinski definition) is 6. The van der Waals surface area contributed by atoms with Gasteiger partial charge in [-0.3, -0.25) is 9.59 Å². The number of aromatic nitrogens is 2. The lowest BCUT2D eigenvalue weighted by Gasteiger charge is -2.15. The van der Waals surface area contributed by atoms with E-state index in [1.807, 2.05) is 41.3 Å². The summed E-state index contributed by atoms with van der Waals surface area (Å²) in [5.41, 5.74) is 3.45. The number of likely N-dealkylation sites (tertiary alicyclic amines) is 1. The molecule has 0 aliphatic carbocycles. The number of nitrogens with zero attached hydrogens (tertiary/aromatic N) is 2. The predicted molar refractivity (Wildman–Crippen MR) is 136 cm³/mol. The average molecular weight is 487 g/mol. The zero-order valence-corrected chi connectivity index (χ0v) is 20.2. The number of nitrogens with one attached hydrogen (secondary N) is 2. The Hall–Kier alpha value is -3.93. The van der Waals surface area contributed by atoms with Gasteiger partial charge in [0, 0.05) is 56.1 Å². The first-order valence-electron chi connectivity index (χ1n) is 12.0. The molecular weight excluding hydrogens is 456 g/mol. The third-order valence-corrected chi connectivity index (χ3v) is 6.48. The number of hydrogen-bond donors (Lipinski definition) is 4. The fourth-order valence-corrected chi connectivity index (χ4v) is 4.26. The van der Waals surface area contributed by atoms with E-state index in [0.717, 1.165) is 42.7 Å². The molecule has 1 aliphatic heterocycles. The SMILES string of the molecule is CC(=O)N1CC[C@@H](NCc2ccc(C#Cc3ccc(C(CO)Cc4nc[nH]c(=O)c4O)cc3)cc2)C1. The van der Waals surface area contributed by atoms with Gasteiger partial charge < -0.3 is 25.4 Å². The molecular formula is C28H30N4O4. The highest BCUT2D eigenvalue weighted by Crippen LogP contribution is 2.22. The van der Waals surface area contributed by atoms with Gasteiger partial charge in [-0.1, -0.05) is 36.1 Å². The summed E-state index contributed by atoms with van der Waals surface area (Å²) in [4.78, 5) is 31.3. The van der Waals surface area contributed by atoms with Crippen molar-refractivity contribution in [2.24, 2.45) is 0 Å². The molecule has 0 spiro atoms. The maximum absolute atomic E-state index is 11.6. The summed E-state index contributed by atoms with van der Waals surface area (Å²) in [6.07, 6.45) is 2.47. The summed E-state index contributed by atoms with van der Waals surface area (Å²) in [6, 6.07) is 16.0. The highest BCUT2D eigenvalue weighted by atomic mass is 16.3. The summed E-state index contributed by atoms with van der Waals surface area (Å²) in [5, 5.41) is 23.3.